The molecule has 8 aromatic rings. The van der Waals surface area contributed by atoms with Gasteiger partial charge in [0.2, 0.25) is 43.7 Å². The van der Waals surface area contributed by atoms with E-state index in [0.29, 0.717) is 179 Å². The third-order valence-electron chi connectivity index (χ3n) is 28.9. The molecule has 10 atom stereocenters. The quantitative estimate of drug-likeness (QED) is 0.0168. The number of sulfonamides is 2. The van der Waals surface area contributed by atoms with Crippen LogP contribution in [0.15, 0.2) is 120 Å². The molecule has 4 aromatic heterocycles. The van der Waals surface area contributed by atoms with Crippen molar-refractivity contribution in [2.24, 2.45) is 22.7 Å². The van der Waals surface area contributed by atoms with Crippen LogP contribution < -0.4 is 50.1 Å². The lowest BCUT2D eigenvalue weighted by atomic mass is 9.91. The standard InChI is InChI=1S/C51H63N7O9S2.C46H56N6O7S2.C5H8ClNO2/c1-31(2)40-30-68-46(55-40)39-26-44(37-16-17-43(65-5)32(3)45(37)54-39)67-36-25-41-42(59)28-51(48(61)56-69(63,64)50(4)18-19-50)27-33(51)12-9-7-6-8-10-15-38(47(60)58(41)29-36)52-34-13-11-14-35(24-34)53-49(62)57-20-22-66-23-21-57;1-27(2)36-26-60-42(50-36)35-22-40(33-16-17-39(58-5)28(3)41(33)49-35)59-32-21-37-38(53)24-46(44(55)51-61(56,57)45(4)18-19-45)23-29(46)12-9-7-6-8-10-15-34(43(54)52(37)25-32)48-31-14-11-13-30(47)20-31;6-5(8)7-1-3-9-4-2-7/h9,11-14,16-17,24,26,30-31,33,36,38,41,52H,6-8,10,15,18-23,25,27-29H2,1-5H3,(H,53,62)(H,56,61);9,11-14,16-17,20,22,26-27,29,32,34,37,48H,6-8,10,15,18-19,21,23-25,47H2,1-5H3,(H,51,55);1-4H2/b2*12-9-;/t33-,36-,38+,41+,51-;29-,32-,34+,37+,46-;/m11./s1. The summed E-state index contributed by atoms with van der Waals surface area (Å²) < 4.78 is 91.9. The van der Waals surface area contributed by atoms with Crippen molar-refractivity contribution in [1.82, 2.24) is 49.0 Å². The van der Waals surface area contributed by atoms with Crippen LogP contribution in [0.5, 0.6) is 23.0 Å². The average Bonchev–Trinajstić information content (AvgIpc) is 1.56. The Hall–Kier alpha value is -10.9. The van der Waals surface area contributed by atoms with Gasteiger partial charge in [-0.1, -0.05) is 89.8 Å². The van der Waals surface area contributed by atoms with E-state index >= 15 is 9.59 Å². The molecular weight excluding hydrogens is 1870 g/mol. The van der Waals surface area contributed by atoms with Crippen LogP contribution in [0.3, 0.4) is 0 Å². The van der Waals surface area contributed by atoms with Gasteiger partial charge in [-0.2, -0.15) is 0 Å². The maximum Gasteiger partial charge on any atom is 0.322 e. The molecule has 4 saturated carbocycles. The number of aryl methyl sites for hydroxylation is 2. The zero-order chi connectivity index (χ0) is 98.6. The summed E-state index contributed by atoms with van der Waals surface area (Å²) in [6.07, 6.45) is 16.5. The minimum atomic E-state index is -3.98. The normalized spacial score (nSPS) is 25.3. The number of nitrogens with zero attached hydrogens (tertiary/aromatic N) is 8. The number of carbonyl (C=O) groups excluding carboxylic acids is 8. The van der Waals surface area contributed by atoms with Gasteiger partial charge in [0.15, 0.2) is 11.6 Å². The molecule has 10 aliphatic rings. The number of nitrogens with one attached hydrogen (secondary N) is 5. The molecule has 139 heavy (non-hydrogen) atoms. The zero-order valence-corrected chi connectivity index (χ0v) is 84.6. The summed E-state index contributed by atoms with van der Waals surface area (Å²) in [7, 11) is -4.69. The summed E-state index contributed by atoms with van der Waals surface area (Å²) in [5.41, 5.74) is 12.2. The van der Waals surface area contributed by atoms with Gasteiger partial charge in [-0.05, 0) is 201 Å². The van der Waals surface area contributed by atoms with Crippen LogP contribution in [-0.2, 0) is 58.3 Å². The van der Waals surface area contributed by atoms with Crippen LogP contribution in [0, 0.1) is 36.5 Å². The van der Waals surface area contributed by atoms with Gasteiger partial charge in [-0.25, -0.2) is 41.6 Å². The second-order valence-electron chi connectivity index (χ2n) is 39.6. The van der Waals surface area contributed by atoms with Crippen LogP contribution >= 0.6 is 34.3 Å². The lowest BCUT2D eigenvalue weighted by molar-refractivity contribution is -0.140. The number of hydrogen-bond acceptors (Lipinski definition) is 27. The number of fused-ring (bicyclic) bond motifs is 6. The molecule has 0 bridgehead atoms. The average molecular weight is 2000 g/mol. The summed E-state index contributed by atoms with van der Waals surface area (Å²) in [6.45, 7) is 20.1. The topological polar surface area (TPSA) is 411 Å². The molecule has 744 valence electrons. The van der Waals surface area contributed by atoms with Gasteiger partial charge in [0.25, 0.3) is 0 Å². The Labute approximate surface area is 825 Å². The number of ether oxygens (including phenoxy) is 6. The number of aromatic nitrogens is 4. The minimum Gasteiger partial charge on any atom is -0.496 e. The molecule has 8 fully saturated rings. The number of benzene rings is 4. The van der Waals surface area contributed by atoms with Gasteiger partial charge in [-0.15, -0.1) is 22.7 Å². The van der Waals surface area contributed by atoms with Crippen molar-refractivity contribution in [1.29, 1.82) is 0 Å². The summed E-state index contributed by atoms with van der Waals surface area (Å²) in [5, 5.41) is 16.5. The first-order chi connectivity index (χ1) is 66.5. The summed E-state index contributed by atoms with van der Waals surface area (Å²) >= 11 is 8.19. The number of pyridine rings is 2. The smallest absolute Gasteiger partial charge is 0.322 e. The number of hydrogen-bond donors (Lipinski definition) is 6. The van der Waals surface area contributed by atoms with Crippen LogP contribution in [0.25, 0.3) is 43.2 Å². The first kappa shape index (κ1) is 101. The number of morpholine rings is 2. The number of halogens is 1. The first-order valence-electron chi connectivity index (χ1n) is 48.5. The van der Waals surface area contributed by atoms with E-state index in [1.54, 1.807) is 71.9 Å². The predicted molar refractivity (Wildman–Crippen MR) is 537 cm³/mol. The monoisotopic (exact) mass is 2000 g/mol. The number of anilines is 4. The first-order valence-corrected chi connectivity index (χ1v) is 53.6. The Kier molecular flexibility index (Phi) is 30.9. The number of rotatable bonds is 21. The molecule has 7 N–H and O–H groups in total. The highest BCUT2D eigenvalue weighted by atomic mass is 35.5. The van der Waals surface area contributed by atoms with Gasteiger partial charge in [0.05, 0.1) is 109 Å². The Morgan fingerprint density at radius 3 is 1.37 bits per heavy atom. The van der Waals surface area contributed by atoms with E-state index in [0.717, 1.165) is 88.2 Å². The van der Waals surface area contributed by atoms with Crippen LogP contribution in [0.1, 0.15) is 204 Å². The fourth-order valence-electron chi connectivity index (χ4n) is 19.3. The largest absolute Gasteiger partial charge is 0.496 e. The van der Waals surface area contributed by atoms with Gasteiger partial charge in [-0.3, -0.25) is 43.0 Å². The number of allylic oxidation sites excluding steroid dienone is 4. The molecule has 32 nitrogen and oxygen atoms in total. The highest BCUT2D eigenvalue weighted by Crippen LogP contribution is 2.60. The number of amides is 7. The van der Waals surface area contributed by atoms with E-state index in [-0.39, 0.29) is 97.2 Å². The van der Waals surface area contributed by atoms with Gasteiger partial charge < -0.3 is 69.7 Å². The molecule has 4 aromatic carbocycles. The fourth-order valence-corrected chi connectivity index (χ4v) is 24.0. The molecule has 10 heterocycles. The molecular formula is C102H127ClN14O18S4. The molecule has 6 aliphatic heterocycles. The SMILES string of the molecule is COc1ccc2c(O[C@@H]3C[C@H]4C(=O)C[C@]5(C(=O)NS(=O)(=O)C6(C)CC6)C[C@H]5/C=C\CCCCC[C@H](Nc5cccc(N)c5)C(=O)N4C3)cc(-c3nc(C(C)C)cs3)nc2c1C.COc1ccc2c(O[C@@H]3C[C@H]4C(=O)C[C@]5(C(=O)NS(=O)(=O)C6(C)CC6)C[C@H]5/C=C\CCCCC[C@H](Nc5cccc(NC(=O)N6CCOCC6)c5)C(=O)N4C3)cc(-c3nc(C(C)C)cs3)nc2c1C.O=C(Cl)N1CCOCC1. The lowest BCUT2D eigenvalue weighted by Gasteiger charge is -2.30. The van der Waals surface area contributed by atoms with Crippen molar-refractivity contribution in [3.8, 4) is 44.4 Å². The number of nitrogen functional groups attached to an aromatic ring is 1. The second-order valence-corrected chi connectivity index (χ2v) is 46.1. The number of carbonyl (C=O) groups is 8. The van der Waals surface area contributed by atoms with Crippen molar-refractivity contribution in [3.63, 3.8) is 0 Å². The Morgan fingerprint density at radius 2 is 0.964 bits per heavy atom. The summed E-state index contributed by atoms with van der Waals surface area (Å²) in [5.74, 6) is -0.291. The highest BCUT2D eigenvalue weighted by molar-refractivity contribution is 7.92. The van der Waals surface area contributed by atoms with Crippen molar-refractivity contribution in [2.45, 2.75) is 242 Å². The van der Waals surface area contributed by atoms with Gasteiger partial charge in [0, 0.05) is 119 Å². The molecule has 4 aliphatic carbocycles. The molecule has 37 heteroatoms. The van der Waals surface area contributed by atoms with Crippen molar-refractivity contribution >= 4 is 145 Å². The molecule has 0 unspecified atom stereocenters. The van der Waals surface area contributed by atoms with Crippen molar-refractivity contribution in [2.75, 3.05) is 102 Å². The Balaban J connectivity index is 0.000000185. The van der Waals surface area contributed by atoms with Crippen molar-refractivity contribution in [3.05, 3.63) is 143 Å². The maximum absolute atomic E-state index is 15.3. The van der Waals surface area contributed by atoms with E-state index in [9.17, 15) is 45.6 Å². The number of urea groups is 1. The number of methoxy groups -OCH3 is 2. The number of thiazole rings is 2. The van der Waals surface area contributed by atoms with E-state index in [1.165, 1.54) is 22.7 Å². The highest BCUT2D eigenvalue weighted by Gasteiger charge is 2.65. The van der Waals surface area contributed by atoms with Crippen LogP contribution in [0.4, 0.5) is 32.3 Å². The number of nitrogens with two attached hydrogens (primary N) is 1. The number of Topliss-reactive ketones (excluding diaryl/α,β-unsaturated/α-hetero) is 2. The fraction of sp³-hybridized carbons (Fsp3) is 0.529. The molecule has 18 rings (SSSR count). The predicted octanol–water partition coefficient (Wildman–Crippen LogP) is 16.3. The zero-order valence-electron chi connectivity index (χ0n) is 80.5. The van der Waals surface area contributed by atoms with Gasteiger partial charge >= 0.3 is 11.4 Å². The van der Waals surface area contributed by atoms with Gasteiger partial charge in [0.1, 0.15) is 68.7 Å². The molecule has 4 saturated heterocycles. The minimum absolute atomic E-state index is 0.0708. The maximum atomic E-state index is 15.3. The third-order valence-corrected chi connectivity index (χ3v) is 35.3. The second kappa shape index (κ2) is 42.5. The van der Waals surface area contributed by atoms with Crippen LogP contribution in [0.2, 0.25) is 0 Å². The molecule has 0 radical (unpaired) electrons. The lowest BCUT2D eigenvalue weighted by Crippen LogP contribution is -2.49. The number of ketones is 2. The van der Waals surface area contributed by atoms with E-state index in [2.05, 4.69) is 53.1 Å². The third kappa shape index (κ3) is 22.8. The Bertz CT molecular complexity index is 6270. The van der Waals surface area contributed by atoms with Crippen LogP contribution in [-0.4, -0.2) is 229 Å². The summed E-state index contributed by atoms with van der Waals surface area (Å²) in [6, 6.07) is 22.2. The summed E-state index contributed by atoms with van der Waals surface area (Å²) in [4.78, 5) is 138. The molecule has 7 amide bonds. The van der Waals surface area contributed by atoms with Crippen molar-refractivity contribution < 1.29 is 83.6 Å². The molecule has 0 spiro atoms. The van der Waals surface area contributed by atoms with E-state index < -0.39 is 88.6 Å². The van der Waals surface area contributed by atoms with E-state index in [1.807, 2.05) is 110 Å². The van der Waals surface area contributed by atoms with E-state index in [4.69, 9.17) is 65.7 Å². The Morgan fingerprint density at radius 1 is 0.540 bits per heavy atom.